The molecular weight excluding hydrogens is 284 g/mol. The van der Waals surface area contributed by atoms with Crippen molar-refractivity contribution >= 4 is 17.5 Å². The zero-order chi connectivity index (χ0) is 14.8. The third-order valence-corrected chi connectivity index (χ3v) is 5.12. The van der Waals surface area contributed by atoms with Gasteiger partial charge >= 0.3 is 0 Å². The monoisotopic (exact) mass is 306 g/mol. The predicted molar refractivity (Wildman–Crippen MR) is 85.3 cm³/mol. The van der Waals surface area contributed by atoms with Crippen molar-refractivity contribution in [2.75, 3.05) is 13.1 Å². The standard InChI is InChI=1S/C17H23ClN2O/c1-12-11-13(8-9-19-12)17(21)20-10-4-7-16(20)14-5-2-3-6-15(14)18/h2-3,5-6,12-13,16,19H,4,7-11H2,1H3/t12-,13-,16?/m0/s1. The van der Waals surface area contributed by atoms with Gasteiger partial charge in [0.05, 0.1) is 6.04 Å². The molecule has 2 aliphatic rings. The zero-order valence-corrected chi connectivity index (χ0v) is 13.3. The smallest absolute Gasteiger partial charge is 0.226 e. The van der Waals surface area contributed by atoms with Crippen LogP contribution in [0, 0.1) is 5.92 Å². The zero-order valence-electron chi connectivity index (χ0n) is 12.5. The molecule has 3 nitrogen and oxygen atoms in total. The van der Waals surface area contributed by atoms with Gasteiger partial charge in [-0.15, -0.1) is 0 Å². The summed E-state index contributed by atoms with van der Waals surface area (Å²) in [6.07, 6.45) is 4.00. The van der Waals surface area contributed by atoms with Crippen LogP contribution in [0.1, 0.15) is 44.2 Å². The maximum absolute atomic E-state index is 12.9. The summed E-state index contributed by atoms with van der Waals surface area (Å²) in [5.41, 5.74) is 1.10. The van der Waals surface area contributed by atoms with Gasteiger partial charge in [-0.1, -0.05) is 29.8 Å². The maximum atomic E-state index is 12.9. The predicted octanol–water partition coefficient (Wildman–Crippen LogP) is 3.39. The Bertz CT molecular complexity index is 519. The Morgan fingerprint density at radius 1 is 1.33 bits per heavy atom. The van der Waals surface area contributed by atoms with E-state index in [1.807, 2.05) is 18.2 Å². The van der Waals surface area contributed by atoms with Crippen LogP contribution >= 0.6 is 11.6 Å². The molecule has 0 bridgehead atoms. The highest BCUT2D eigenvalue weighted by Gasteiger charge is 2.36. The number of piperidine rings is 1. The van der Waals surface area contributed by atoms with Crippen LogP contribution in [0.5, 0.6) is 0 Å². The molecule has 21 heavy (non-hydrogen) atoms. The van der Waals surface area contributed by atoms with Crippen LogP contribution < -0.4 is 5.32 Å². The third kappa shape index (κ3) is 3.09. The Hall–Kier alpha value is -1.06. The van der Waals surface area contributed by atoms with Gasteiger partial charge < -0.3 is 10.2 Å². The molecule has 4 heteroatoms. The first-order valence-corrected chi connectivity index (χ1v) is 8.33. The highest BCUT2D eigenvalue weighted by atomic mass is 35.5. The first-order chi connectivity index (χ1) is 10.2. The number of rotatable bonds is 2. The molecule has 0 saturated carbocycles. The largest absolute Gasteiger partial charge is 0.335 e. The SMILES string of the molecule is C[C@H]1C[C@@H](C(=O)N2CCCC2c2ccccc2Cl)CCN1. The fraction of sp³-hybridized carbons (Fsp3) is 0.588. The van der Waals surface area contributed by atoms with Crippen molar-refractivity contribution in [2.24, 2.45) is 5.92 Å². The minimum Gasteiger partial charge on any atom is -0.335 e. The Morgan fingerprint density at radius 2 is 2.14 bits per heavy atom. The number of amides is 1. The fourth-order valence-corrected chi connectivity index (χ4v) is 3.95. The Balaban J connectivity index is 1.77. The molecule has 0 aliphatic carbocycles. The summed E-state index contributed by atoms with van der Waals surface area (Å²) < 4.78 is 0. The highest BCUT2D eigenvalue weighted by molar-refractivity contribution is 6.31. The van der Waals surface area contributed by atoms with Crippen LogP contribution in [0.15, 0.2) is 24.3 Å². The summed E-state index contributed by atoms with van der Waals surface area (Å²) in [6, 6.07) is 8.54. The number of benzene rings is 1. The second-order valence-corrected chi connectivity index (χ2v) is 6.69. The summed E-state index contributed by atoms with van der Waals surface area (Å²) in [5, 5.41) is 4.20. The van der Waals surface area contributed by atoms with Crippen molar-refractivity contribution in [3.8, 4) is 0 Å². The topological polar surface area (TPSA) is 32.3 Å². The summed E-state index contributed by atoms with van der Waals surface area (Å²) >= 11 is 6.34. The van der Waals surface area contributed by atoms with Gasteiger partial charge in [0.25, 0.3) is 0 Å². The summed E-state index contributed by atoms with van der Waals surface area (Å²) in [4.78, 5) is 15.0. The van der Waals surface area contributed by atoms with E-state index in [1.165, 1.54) is 0 Å². The van der Waals surface area contributed by atoms with Crippen LogP contribution in [0.2, 0.25) is 5.02 Å². The summed E-state index contributed by atoms with van der Waals surface area (Å²) in [5.74, 6) is 0.495. The molecule has 1 aromatic carbocycles. The van der Waals surface area contributed by atoms with Crippen LogP contribution in [0.4, 0.5) is 0 Å². The summed E-state index contributed by atoms with van der Waals surface area (Å²) in [6.45, 7) is 3.98. The average molecular weight is 307 g/mol. The van der Waals surface area contributed by atoms with E-state index in [1.54, 1.807) is 0 Å². The third-order valence-electron chi connectivity index (χ3n) is 4.77. The first kappa shape index (κ1) is 14.9. The second kappa shape index (κ2) is 6.37. The van der Waals surface area contributed by atoms with Crippen LogP contribution in [-0.2, 0) is 4.79 Å². The molecule has 2 heterocycles. The Morgan fingerprint density at radius 3 is 2.90 bits per heavy atom. The van der Waals surface area contributed by atoms with Gasteiger partial charge in [0.1, 0.15) is 0 Å². The van der Waals surface area contributed by atoms with Crippen LogP contribution in [0.25, 0.3) is 0 Å². The van der Waals surface area contributed by atoms with Gasteiger partial charge in [0.2, 0.25) is 5.91 Å². The van der Waals surface area contributed by atoms with Gasteiger partial charge in [-0.05, 0) is 50.8 Å². The van der Waals surface area contributed by atoms with Gasteiger partial charge in [0, 0.05) is 23.5 Å². The number of nitrogens with one attached hydrogen (secondary N) is 1. The summed E-state index contributed by atoms with van der Waals surface area (Å²) in [7, 11) is 0. The first-order valence-electron chi connectivity index (χ1n) is 7.95. The van der Waals surface area contributed by atoms with Gasteiger partial charge in [-0.3, -0.25) is 4.79 Å². The molecule has 1 N–H and O–H groups in total. The van der Waals surface area contributed by atoms with Crippen LogP contribution in [-0.4, -0.2) is 29.9 Å². The molecule has 1 amide bonds. The second-order valence-electron chi connectivity index (χ2n) is 6.29. The number of halogens is 1. The average Bonchev–Trinajstić information content (AvgIpc) is 2.96. The van der Waals surface area contributed by atoms with E-state index < -0.39 is 0 Å². The van der Waals surface area contributed by atoms with E-state index in [0.717, 1.165) is 49.4 Å². The van der Waals surface area contributed by atoms with E-state index >= 15 is 0 Å². The molecule has 0 aromatic heterocycles. The molecule has 1 unspecified atom stereocenters. The minimum atomic E-state index is 0.163. The quantitative estimate of drug-likeness (QED) is 0.908. The van der Waals surface area contributed by atoms with Crippen molar-refractivity contribution in [3.05, 3.63) is 34.9 Å². The van der Waals surface area contributed by atoms with Crippen LogP contribution in [0.3, 0.4) is 0 Å². The lowest BCUT2D eigenvalue weighted by Crippen LogP contribution is -2.44. The van der Waals surface area contributed by atoms with Crippen molar-refractivity contribution < 1.29 is 4.79 Å². The minimum absolute atomic E-state index is 0.163. The molecular formula is C17H23ClN2O. The van der Waals surface area contributed by atoms with Gasteiger partial charge in [-0.2, -0.15) is 0 Å². The van der Waals surface area contributed by atoms with Crippen molar-refractivity contribution in [3.63, 3.8) is 0 Å². The molecule has 1 aromatic rings. The van der Waals surface area contributed by atoms with Crippen molar-refractivity contribution in [1.82, 2.24) is 10.2 Å². The lowest BCUT2D eigenvalue weighted by Gasteiger charge is -2.33. The Labute approximate surface area is 131 Å². The maximum Gasteiger partial charge on any atom is 0.226 e. The number of nitrogens with zero attached hydrogens (tertiary/aromatic N) is 1. The van der Waals surface area contributed by atoms with E-state index in [0.29, 0.717) is 11.9 Å². The molecule has 2 aliphatic heterocycles. The van der Waals surface area contributed by atoms with Gasteiger partial charge in [0.15, 0.2) is 0 Å². The molecule has 0 spiro atoms. The highest BCUT2D eigenvalue weighted by Crippen LogP contribution is 2.37. The molecule has 3 rings (SSSR count). The lowest BCUT2D eigenvalue weighted by atomic mass is 9.91. The number of carbonyl (C=O) groups excluding carboxylic acids is 1. The molecule has 114 valence electrons. The number of likely N-dealkylation sites (tertiary alicyclic amines) is 1. The fourth-order valence-electron chi connectivity index (χ4n) is 3.69. The number of hydrogen-bond donors (Lipinski definition) is 1. The molecule has 2 fully saturated rings. The lowest BCUT2D eigenvalue weighted by molar-refractivity contribution is -0.137. The van der Waals surface area contributed by atoms with E-state index in [2.05, 4.69) is 23.2 Å². The number of carbonyl (C=O) groups is 1. The normalized spacial score (nSPS) is 29.6. The van der Waals surface area contributed by atoms with Crippen molar-refractivity contribution in [2.45, 2.75) is 44.7 Å². The van der Waals surface area contributed by atoms with Crippen molar-refractivity contribution in [1.29, 1.82) is 0 Å². The van der Waals surface area contributed by atoms with Gasteiger partial charge in [-0.25, -0.2) is 0 Å². The molecule has 0 radical (unpaired) electrons. The van der Waals surface area contributed by atoms with E-state index in [4.69, 9.17) is 11.6 Å². The van der Waals surface area contributed by atoms with E-state index in [9.17, 15) is 4.79 Å². The number of hydrogen-bond acceptors (Lipinski definition) is 2. The molecule has 3 atom stereocenters. The van der Waals surface area contributed by atoms with E-state index in [-0.39, 0.29) is 12.0 Å². The Kier molecular flexibility index (Phi) is 4.51. The molecule has 2 saturated heterocycles.